The topological polar surface area (TPSA) is 159 Å². The van der Waals surface area contributed by atoms with E-state index in [1.807, 2.05) is 121 Å². The Morgan fingerprint density at radius 2 is 1.02 bits per heavy atom. The first-order valence-electron chi connectivity index (χ1n) is 19.3. The molecule has 0 unspecified atom stereocenters. The fourth-order valence-electron chi connectivity index (χ4n) is 5.99. The normalized spacial score (nSPS) is 19.9. The summed E-state index contributed by atoms with van der Waals surface area (Å²) in [4.78, 5) is 71.9. The Morgan fingerprint density at radius 3 is 1.45 bits per heavy atom. The van der Waals surface area contributed by atoms with E-state index in [1.165, 1.54) is 0 Å². The van der Waals surface area contributed by atoms with E-state index in [0.29, 0.717) is 0 Å². The van der Waals surface area contributed by atoms with Gasteiger partial charge in [0.05, 0.1) is 6.10 Å². The number of rotatable bonds is 23. The van der Waals surface area contributed by atoms with E-state index in [9.17, 15) is 14.7 Å². The molecule has 0 spiro atoms. The minimum atomic E-state index is -1.23. The van der Waals surface area contributed by atoms with Crippen LogP contribution >= 0.6 is 0 Å². The summed E-state index contributed by atoms with van der Waals surface area (Å²) in [6.07, 6.45) is -5.05. The molecule has 1 amide bonds. The number of amides is 1. The van der Waals surface area contributed by atoms with Crippen molar-refractivity contribution in [3.63, 3.8) is 0 Å². The second-order valence-electron chi connectivity index (χ2n) is 14.6. The summed E-state index contributed by atoms with van der Waals surface area (Å²) in [6.45, 7) is 5.43. The molecule has 2 N–H and O–H groups in total. The maximum Gasteiger partial charge on any atom is 0.408 e. The van der Waals surface area contributed by atoms with Crippen molar-refractivity contribution in [2.75, 3.05) is 6.61 Å². The average molecular weight is 804 g/mol. The molecule has 4 aromatic rings. The Bertz CT molecular complexity index is 1750. The van der Waals surface area contributed by atoms with E-state index in [2.05, 4.69) is 5.32 Å². The van der Waals surface area contributed by atoms with Crippen molar-refractivity contribution >= 4 is 12.1 Å². The van der Waals surface area contributed by atoms with Gasteiger partial charge in [0.2, 0.25) is 0 Å². The fourth-order valence-corrected chi connectivity index (χ4v) is 5.99. The summed E-state index contributed by atoms with van der Waals surface area (Å²) < 4.78 is 11.9. The predicted molar refractivity (Wildman–Crippen MR) is 209 cm³/mol. The van der Waals surface area contributed by atoms with Gasteiger partial charge in [0.1, 0.15) is 50.8 Å². The molecule has 6 atom stereocenters. The Kier molecular flexibility index (Phi) is 18.1. The van der Waals surface area contributed by atoms with Gasteiger partial charge < -0.3 is 19.9 Å². The zero-order valence-electron chi connectivity index (χ0n) is 33.0. The van der Waals surface area contributed by atoms with Crippen molar-refractivity contribution < 1.29 is 63.3 Å². The Labute approximate surface area is 338 Å². The number of hydrogen-bond acceptors (Lipinski definition) is 12. The quantitative estimate of drug-likeness (QED) is 0.0429. The number of aliphatic carboxylic acids is 1. The third-order valence-electron chi connectivity index (χ3n) is 8.83. The maximum atomic E-state index is 12.5. The first-order chi connectivity index (χ1) is 28.1. The van der Waals surface area contributed by atoms with Crippen LogP contribution in [0.15, 0.2) is 121 Å². The van der Waals surface area contributed by atoms with Crippen LogP contribution in [0.1, 0.15) is 62.3 Å². The van der Waals surface area contributed by atoms with Crippen molar-refractivity contribution in [2.24, 2.45) is 0 Å². The molecule has 312 valence electrons. The molecule has 0 aliphatic carbocycles. The molecule has 0 aromatic heterocycles. The zero-order chi connectivity index (χ0) is 41.0. The van der Waals surface area contributed by atoms with Gasteiger partial charge in [-0.15, -0.1) is 0 Å². The smallest absolute Gasteiger partial charge is 0.408 e. The molecule has 58 heavy (non-hydrogen) atoms. The van der Waals surface area contributed by atoms with Gasteiger partial charge in [-0.2, -0.15) is 0 Å². The monoisotopic (exact) mass is 803 g/mol. The Hall–Kier alpha value is -4.74. The van der Waals surface area contributed by atoms with E-state index in [-0.39, 0.29) is 52.3 Å². The average Bonchev–Trinajstić information content (AvgIpc) is 3.21. The van der Waals surface area contributed by atoms with Crippen LogP contribution in [0.4, 0.5) is 4.79 Å². The second-order valence-corrected chi connectivity index (χ2v) is 14.6. The summed E-state index contributed by atoms with van der Waals surface area (Å²) in [6, 6.07) is 36.7. The number of carboxylic acids is 1. The molecule has 4 aromatic carbocycles. The number of carbonyl (C=O) groups excluding carboxylic acids is 1. The number of benzene rings is 4. The van der Waals surface area contributed by atoms with Crippen LogP contribution in [0.25, 0.3) is 0 Å². The van der Waals surface area contributed by atoms with Crippen LogP contribution in [-0.2, 0) is 79.8 Å². The maximum absolute atomic E-state index is 12.5. The molecule has 1 saturated heterocycles. The highest BCUT2D eigenvalue weighted by Crippen LogP contribution is 2.32. The van der Waals surface area contributed by atoms with Crippen LogP contribution < -0.4 is 5.32 Å². The largest absolute Gasteiger partial charge is 0.480 e. The SMILES string of the molecule is CC(C)(C)OC(=O)N[C@@H](CCC[C@@H]1O[C@H](COOCc2ccccc2)[C@H](OOCc2ccccc2)[C@H](OOCc2ccccc2)[C@H]1OOCc1ccccc1)C(=O)O. The zero-order valence-corrected chi connectivity index (χ0v) is 33.0. The number of hydrogen-bond donors (Lipinski definition) is 2. The van der Waals surface area contributed by atoms with Crippen LogP contribution in [0, 0.1) is 0 Å². The molecule has 14 nitrogen and oxygen atoms in total. The molecular formula is C44H53NO13. The first-order valence-corrected chi connectivity index (χ1v) is 19.3. The van der Waals surface area contributed by atoms with Crippen molar-refractivity contribution in [3.05, 3.63) is 144 Å². The number of ether oxygens (including phenoxy) is 2. The molecule has 0 saturated carbocycles. The van der Waals surface area contributed by atoms with Crippen LogP contribution in [0.3, 0.4) is 0 Å². The summed E-state index contributed by atoms with van der Waals surface area (Å²) in [5.41, 5.74) is 2.66. The van der Waals surface area contributed by atoms with Gasteiger partial charge in [-0.3, -0.25) is 0 Å². The third kappa shape index (κ3) is 15.5. The molecule has 1 aliphatic heterocycles. The summed E-state index contributed by atoms with van der Waals surface area (Å²) in [7, 11) is 0. The standard InChI is InChI=1S/C44H53NO13/c1-44(2,3)55-43(48)45-36(42(46)47)25-16-26-37-39(56-51-28-33-19-10-5-11-20-33)41(58-53-30-35-23-14-7-15-24-35)40(57-52-29-34-21-12-6-13-22-34)38(54-37)31-50-49-27-32-17-8-4-9-18-32/h4-15,17-24,36-41H,16,25-31H2,1-3H3,(H,45,48)(H,46,47)/t36-,37-,38+,39-,40-,41+/m0/s1. The third-order valence-corrected chi connectivity index (χ3v) is 8.83. The minimum absolute atomic E-state index is 0.0452. The summed E-state index contributed by atoms with van der Waals surface area (Å²) >= 11 is 0. The van der Waals surface area contributed by atoms with Gasteiger partial charge >= 0.3 is 12.1 Å². The van der Waals surface area contributed by atoms with E-state index in [4.69, 9.17) is 48.6 Å². The summed E-state index contributed by atoms with van der Waals surface area (Å²) in [5.74, 6) is -1.21. The highest BCUT2D eigenvalue weighted by molar-refractivity contribution is 5.79. The summed E-state index contributed by atoms with van der Waals surface area (Å²) in [5, 5.41) is 12.4. The van der Waals surface area contributed by atoms with Crippen molar-refractivity contribution in [3.8, 4) is 0 Å². The van der Waals surface area contributed by atoms with Crippen molar-refractivity contribution in [1.82, 2.24) is 5.32 Å². The Morgan fingerprint density at radius 1 is 0.603 bits per heavy atom. The van der Waals surface area contributed by atoms with Crippen molar-refractivity contribution in [2.45, 2.75) is 109 Å². The van der Waals surface area contributed by atoms with Gasteiger partial charge in [0, 0.05) is 0 Å². The lowest BCUT2D eigenvalue weighted by atomic mass is 9.92. The Balaban J connectivity index is 1.38. The first kappa shape index (κ1) is 44.4. The lowest BCUT2D eigenvalue weighted by Gasteiger charge is -2.43. The molecule has 0 bridgehead atoms. The van der Waals surface area contributed by atoms with Gasteiger partial charge in [-0.1, -0.05) is 121 Å². The van der Waals surface area contributed by atoms with Crippen LogP contribution in [0.2, 0.25) is 0 Å². The molecule has 1 fully saturated rings. The lowest BCUT2D eigenvalue weighted by Crippen LogP contribution is -2.61. The van der Waals surface area contributed by atoms with E-state index in [0.717, 1.165) is 22.3 Å². The molecule has 0 radical (unpaired) electrons. The van der Waals surface area contributed by atoms with Gasteiger partial charge in [-0.25, -0.2) is 48.7 Å². The minimum Gasteiger partial charge on any atom is -0.480 e. The van der Waals surface area contributed by atoms with Gasteiger partial charge in [-0.05, 0) is 62.3 Å². The van der Waals surface area contributed by atoms with Crippen LogP contribution in [0.5, 0.6) is 0 Å². The molecule has 1 aliphatic rings. The lowest BCUT2D eigenvalue weighted by molar-refractivity contribution is -0.471. The van der Waals surface area contributed by atoms with Gasteiger partial charge in [0.25, 0.3) is 0 Å². The van der Waals surface area contributed by atoms with Crippen LogP contribution in [-0.4, -0.2) is 65.9 Å². The second kappa shape index (κ2) is 23.6. The fraction of sp³-hybridized carbons (Fsp3) is 0.409. The van der Waals surface area contributed by atoms with Crippen molar-refractivity contribution in [1.29, 1.82) is 0 Å². The number of alkyl carbamates (subject to hydrolysis) is 1. The molecule has 5 rings (SSSR count). The van der Waals surface area contributed by atoms with Gasteiger partial charge in [0.15, 0.2) is 18.3 Å². The molecule has 14 heteroatoms. The number of nitrogens with one attached hydrogen (secondary N) is 1. The highest BCUT2D eigenvalue weighted by Gasteiger charge is 2.51. The predicted octanol–water partition coefficient (Wildman–Crippen LogP) is 7.60. The molecule has 1 heterocycles. The van der Waals surface area contributed by atoms with E-state index >= 15 is 0 Å². The number of carboxylic acid groups (broad SMARTS) is 1. The highest BCUT2D eigenvalue weighted by atomic mass is 17.2. The van der Waals surface area contributed by atoms with E-state index in [1.54, 1.807) is 20.8 Å². The van der Waals surface area contributed by atoms with E-state index < -0.39 is 54.2 Å². The molecular weight excluding hydrogens is 750 g/mol. The number of carbonyl (C=O) groups is 2.